The second kappa shape index (κ2) is 9.64. The first-order valence-corrected chi connectivity index (χ1v) is 12.5. The van der Waals surface area contributed by atoms with Crippen molar-refractivity contribution in [2.45, 2.75) is 51.1 Å². The van der Waals surface area contributed by atoms with Crippen molar-refractivity contribution >= 4 is 22.7 Å². The third kappa shape index (κ3) is 4.03. The van der Waals surface area contributed by atoms with Crippen LogP contribution in [0, 0.1) is 0 Å². The molecule has 0 radical (unpaired) electrons. The number of para-hydroxylation sites is 1. The Morgan fingerprint density at radius 2 is 1.80 bits per heavy atom. The Kier molecular flexibility index (Phi) is 6.41. The molecule has 2 aliphatic heterocycles. The highest BCUT2D eigenvalue weighted by Crippen LogP contribution is 2.44. The summed E-state index contributed by atoms with van der Waals surface area (Å²) < 4.78 is 11.0. The molecule has 2 atom stereocenters. The van der Waals surface area contributed by atoms with Gasteiger partial charge in [0.15, 0.2) is 11.5 Å². The molecule has 7 heteroatoms. The van der Waals surface area contributed by atoms with Gasteiger partial charge >= 0.3 is 0 Å². The van der Waals surface area contributed by atoms with Crippen molar-refractivity contribution in [2.24, 2.45) is 0 Å². The fourth-order valence-electron chi connectivity index (χ4n) is 5.61. The highest BCUT2D eigenvalue weighted by atomic mass is 16.5. The van der Waals surface area contributed by atoms with E-state index >= 15 is 0 Å². The van der Waals surface area contributed by atoms with Crippen molar-refractivity contribution < 1.29 is 19.1 Å². The Bertz CT molecular complexity index is 1250. The summed E-state index contributed by atoms with van der Waals surface area (Å²) in [4.78, 5) is 34.5. The first-order chi connectivity index (χ1) is 17.1. The van der Waals surface area contributed by atoms with Gasteiger partial charge in [0.1, 0.15) is 6.04 Å². The van der Waals surface area contributed by atoms with Gasteiger partial charge in [0, 0.05) is 29.6 Å². The van der Waals surface area contributed by atoms with E-state index in [9.17, 15) is 9.59 Å². The average Bonchev–Trinajstić information content (AvgIpc) is 3.26. The van der Waals surface area contributed by atoms with E-state index in [2.05, 4.69) is 18.0 Å². The molecule has 2 aliphatic rings. The summed E-state index contributed by atoms with van der Waals surface area (Å²) in [6.07, 6.45) is 4.80. The predicted octanol–water partition coefficient (Wildman–Crippen LogP) is 4.45. The van der Waals surface area contributed by atoms with Crippen LogP contribution in [0.1, 0.15) is 55.5 Å². The summed E-state index contributed by atoms with van der Waals surface area (Å²) in [5.41, 5.74) is 3.97. The van der Waals surface area contributed by atoms with Crippen molar-refractivity contribution in [1.82, 2.24) is 14.8 Å². The molecule has 1 aromatic heterocycles. The summed E-state index contributed by atoms with van der Waals surface area (Å²) in [6, 6.07) is 12.9. The zero-order valence-corrected chi connectivity index (χ0v) is 20.7. The highest BCUT2D eigenvalue weighted by Gasteiger charge is 2.48. The Labute approximate surface area is 206 Å². The van der Waals surface area contributed by atoms with Crippen LogP contribution < -0.4 is 9.47 Å². The van der Waals surface area contributed by atoms with E-state index in [0.717, 1.165) is 53.4 Å². The number of unbranched alkanes of at least 4 members (excludes halogenated alkanes) is 3. The lowest BCUT2D eigenvalue weighted by Crippen LogP contribution is -2.63. The molecular formula is C28H33N3O4. The van der Waals surface area contributed by atoms with E-state index < -0.39 is 12.1 Å². The fraction of sp³-hybridized carbons (Fsp3) is 0.429. The maximum atomic E-state index is 13.7. The number of ether oxygens (including phenoxy) is 2. The predicted molar refractivity (Wildman–Crippen MR) is 135 cm³/mol. The van der Waals surface area contributed by atoms with Gasteiger partial charge in [0.25, 0.3) is 0 Å². The van der Waals surface area contributed by atoms with Crippen LogP contribution in [0.4, 0.5) is 0 Å². The molecule has 2 amide bonds. The molecule has 1 fully saturated rings. The minimum Gasteiger partial charge on any atom is -0.493 e. The molecule has 5 rings (SSSR count). The minimum atomic E-state index is -0.521. The van der Waals surface area contributed by atoms with Crippen LogP contribution in [-0.2, 0) is 16.0 Å². The van der Waals surface area contributed by atoms with E-state index in [1.54, 1.807) is 24.0 Å². The van der Waals surface area contributed by atoms with Gasteiger partial charge in [-0.2, -0.15) is 0 Å². The maximum absolute atomic E-state index is 13.7. The monoisotopic (exact) mass is 475 g/mol. The number of hydrogen-bond donors (Lipinski definition) is 1. The zero-order valence-electron chi connectivity index (χ0n) is 20.7. The van der Waals surface area contributed by atoms with Gasteiger partial charge in [-0.25, -0.2) is 0 Å². The van der Waals surface area contributed by atoms with E-state index in [1.165, 1.54) is 0 Å². The standard InChI is InChI=1S/C28H33N3O4/c1-4-5-6-9-14-30-17-25(32)31-22(28(30)33)16-20-19-10-7-8-11-21(19)29-26(20)27(31)18-12-13-23(34-2)24(15-18)35-3/h7-8,10-13,15,22,27,29H,4-6,9,14,16-17H2,1-3H3/t22-,27+/m0/s1. The number of aromatic nitrogens is 1. The lowest BCUT2D eigenvalue weighted by atomic mass is 9.86. The molecule has 184 valence electrons. The molecule has 0 bridgehead atoms. The number of hydrogen-bond acceptors (Lipinski definition) is 4. The number of nitrogens with one attached hydrogen (secondary N) is 1. The molecule has 0 spiro atoms. The molecule has 1 N–H and O–H groups in total. The van der Waals surface area contributed by atoms with E-state index in [1.807, 2.05) is 36.4 Å². The average molecular weight is 476 g/mol. The molecule has 0 saturated carbocycles. The molecule has 0 aliphatic carbocycles. The number of rotatable bonds is 8. The van der Waals surface area contributed by atoms with E-state index in [4.69, 9.17) is 9.47 Å². The van der Waals surface area contributed by atoms with Crippen molar-refractivity contribution in [3.05, 3.63) is 59.3 Å². The lowest BCUT2D eigenvalue weighted by molar-refractivity contribution is -0.158. The molecule has 3 aromatic rings. The molecular weight excluding hydrogens is 442 g/mol. The Balaban J connectivity index is 1.59. The van der Waals surface area contributed by atoms with E-state index in [-0.39, 0.29) is 18.4 Å². The molecule has 7 nitrogen and oxygen atoms in total. The number of nitrogens with zero attached hydrogens (tertiary/aromatic N) is 2. The van der Waals surface area contributed by atoms with Gasteiger partial charge in [0.2, 0.25) is 11.8 Å². The number of methoxy groups -OCH3 is 2. The largest absolute Gasteiger partial charge is 0.493 e. The summed E-state index contributed by atoms with van der Waals surface area (Å²) in [7, 11) is 3.21. The van der Waals surface area contributed by atoms with Crippen molar-refractivity contribution in [2.75, 3.05) is 27.3 Å². The number of piperazine rings is 1. The maximum Gasteiger partial charge on any atom is 0.246 e. The van der Waals surface area contributed by atoms with Gasteiger partial charge in [0.05, 0.1) is 26.8 Å². The van der Waals surface area contributed by atoms with Gasteiger partial charge in [-0.15, -0.1) is 0 Å². The Morgan fingerprint density at radius 3 is 2.57 bits per heavy atom. The van der Waals surface area contributed by atoms with Crippen LogP contribution >= 0.6 is 0 Å². The quantitative estimate of drug-likeness (QED) is 0.489. The van der Waals surface area contributed by atoms with Crippen molar-refractivity contribution in [3.63, 3.8) is 0 Å². The molecule has 3 heterocycles. The second-order valence-corrected chi connectivity index (χ2v) is 9.42. The Hall–Kier alpha value is -3.48. The first kappa shape index (κ1) is 23.3. The molecule has 35 heavy (non-hydrogen) atoms. The molecule has 0 unspecified atom stereocenters. The topological polar surface area (TPSA) is 74.9 Å². The van der Waals surface area contributed by atoms with Crippen LogP contribution in [0.25, 0.3) is 10.9 Å². The number of aromatic amines is 1. The van der Waals surface area contributed by atoms with Crippen LogP contribution in [-0.4, -0.2) is 59.9 Å². The normalized spacial score (nSPS) is 19.6. The minimum absolute atomic E-state index is 0.0193. The number of fused-ring (bicyclic) bond motifs is 4. The number of amides is 2. The van der Waals surface area contributed by atoms with Crippen LogP contribution in [0.2, 0.25) is 0 Å². The SMILES string of the molecule is CCCCCCN1CC(=O)N2[C@H](c3ccc(OC)c(OC)c3)c3[nH]c4ccccc4c3C[C@H]2C1=O. The second-order valence-electron chi connectivity index (χ2n) is 9.42. The van der Waals surface area contributed by atoms with Crippen LogP contribution in [0.15, 0.2) is 42.5 Å². The molecule has 2 aromatic carbocycles. The number of benzene rings is 2. The van der Waals surface area contributed by atoms with Crippen LogP contribution in [0.3, 0.4) is 0 Å². The summed E-state index contributed by atoms with van der Waals surface area (Å²) >= 11 is 0. The summed E-state index contributed by atoms with van der Waals surface area (Å²) in [5, 5.41) is 1.10. The Morgan fingerprint density at radius 1 is 1.00 bits per heavy atom. The highest BCUT2D eigenvalue weighted by molar-refractivity contribution is 5.97. The van der Waals surface area contributed by atoms with Gasteiger partial charge in [-0.3, -0.25) is 9.59 Å². The van der Waals surface area contributed by atoms with E-state index in [0.29, 0.717) is 24.5 Å². The van der Waals surface area contributed by atoms with Crippen molar-refractivity contribution in [3.8, 4) is 11.5 Å². The third-order valence-corrected chi connectivity index (χ3v) is 7.35. The number of carbonyl (C=O) groups is 2. The van der Waals surface area contributed by atoms with Gasteiger partial charge in [-0.05, 0) is 35.7 Å². The van der Waals surface area contributed by atoms with Crippen molar-refractivity contribution in [1.29, 1.82) is 0 Å². The first-order valence-electron chi connectivity index (χ1n) is 12.5. The number of H-pyrrole nitrogens is 1. The van der Waals surface area contributed by atoms with Gasteiger partial charge in [-0.1, -0.05) is 50.5 Å². The number of carbonyl (C=O) groups excluding carboxylic acids is 2. The smallest absolute Gasteiger partial charge is 0.246 e. The third-order valence-electron chi connectivity index (χ3n) is 7.35. The lowest BCUT2D eigenvalue weighted by Gasteiger charge is -2.47. The fourth-order valence-corrected chi connectivity index (χ4v) is 5.61. The zero-order chi connectivity index (χ0) is 24.5. The summed E-state index contributed by atoms with van der Waals surface area (Å²) in [6.45, 7) is 2.93. The van der Waals surface area contributed by atoms with Gasteiger partial charge < -0.3 is 24.3 Å². The van der Waals surface area contributed by atoms with Crippen LogP contribution in [0.5, 0.6) is 11.5 Å². The molecule has 1 saturated heterocycles. The summed E-state index contributed by atoms with van der Waals surface area (Å²) in [5.74, 6) is 1.24.